The van der Waals surface area contributed by atoms with Gasteiger partial charge in [0.15, 0.2) is 0 Å². The van der Waals surface area contributed by atoms with E-state index in [0.29, 0.717) is 0 Å². The highest BCUT2D eigenvalue weighted by Crippen LogP contribution is 2.29. The van der Waals surface area contributed by atoms with Crippen molar-refractivity contribution in [2.75, 3.05) is 11.9 Å². The second kappa shape index (κ2) is 3.81. The number of anilines is 1. The molecule has 0 unspecified atom stereocenters. The van der Waals surface area contributed by atoms with E-state index in [0.717, 1.165) is 6.04 Å². The Bertz CT molecular complexity index is 231. The van der Waals surface area contributed by atoms with Gasteiger partial charge in [-0.15, -0.1) is 12.4 Å². The Hall–Kier alpha value is -0.690. The molecular weight excluding hydrogens is 170 g/mol. The van der Waals surface area contributed by atoms with Crippen LogP contribution >= 0.6 is 12.4 Å². The lowest BCUT2D eigenvalue weighted by atomic mass is 10.3. The summed E-state index contributed by atoms with van der Waals surface area (Å²) in [5.74, 6) is 0. The molecule has 0 atom stereocenters. The smallest absolute Gasteiger partial charge is 0.0366 e. The Kier molecular flexibility index (Phi) is 2.99. The monoisotopic (exact) mass is 183 g/mol. The zero-order valence-corrected chi connectivity index (χ0v) is 8.05. The fourth-order valence-corrected chi connectivity index (χ4v) is 1.34. The second-order valence-corrected chi connectivity index (χ2v) is 3.18. The summed E-state index contributed by atoms with van der Waals surface area (Å²) in [5.41, 5.74) is 1.34. The summed E-state index contributed by atoms with van der Waals surface area (Å²) in [4.78, 5) is 2.36. The molecule has 0 radical (unpaired) electrons. The Morgan fingerprint density at radius 3 is 2.25 bits per heavy atom. The molecule has 1 aliphatic rings. The molecule has 66 valence electrons. The van der Waals surface area contributed by atoms with Gasteiger partial charge in [0.05, 0.1) is 0 Å². The van der Waals surface area contributed by atoms with Gasteiger partial charge in [0.1, 0.15) is 0 Å². The fourth-order valence-electron chi connectivity index (χ4n) is 1.34. The van der Waals surface area contributed by atoms with Crippen molar-refractivity contribution in [2.45, 2.75) is 18.9 Å². The summed E-state index contributed by atoms with van der Waals surface area (Å²) in [6.07, 6.45) is 2.73. The van der Waals surface area contributed by atoms with Crippen molar-refractivity contribution >= 4 is 18.1 Å². The van der Waals surface area contributed by atoms with Gasteiger partial charge in [-0.1, -0.05) is 18.2 Å². The predicted octanol–water partition coefficient (Wildman–Crippen LogP) is 2.71. The van der Waals surface area contributed by atoms with Gasteiger partial charge in [-0.3, -0.25) is 0 Å². The van der Waals surface area contributed by atoms with Gasteiger partial charge in [-0.2, -0.15) is 0 Å². The summed E-state index contributed by atoms with van der Waals surface area (Å²) >= 11 is 0. The van der Waals surface area contributed by atoms with Crippen molar-refractivity contribution in [3.8, 4) is 0 Å². The fraction of sp³-hybridized carbons (Fsp3) is 0.400. The summed E-state index contributed by atoms with van der Waals surface area (Å²) in [6.45, 7) is 0. The van der Waals surface area contributed by atoms with Crippen LogP contribution in [0.2, 0.25) is 0 Å². The molecule has 12 heavy (non-hydrogen) atoms. The largest absolute Gasteiger partial charge is 0.372 e. The Labute approximate surface area is 79.8 Å². The zero-order chi connectivity index (χ0) is 7.68. The Balaban J connectivity index is 0.000000720. The number of nitrogens with zero attached hydrogens (tertiary/aromatic N) is 1. The summed E-state index contributed by atoms with van der Waals surface area (Å²) < 4.78 is 0. The van der Waals surface area contributed by atoms with Crippen molar-refractivity contribution < 1.29 is 0 Å². The molecule has 1 aromatic rings. The first-order valence-electron chi connectivity index (χ1n) is 4.16. The molecule has 0 heterocycles. The highest BCUT2D eigenvalue weighted by atomic mass is 35.5. The lowest BCUT2D eigenvalue weighted by Crippen LogP contribution is -2.18. The summed E-state index contributed by atoms with van der Waals surface area (Å²) in [6, 6.07) is 11.4. The molecule has 2 heteroatoms. The van der Waals surface area contributed by atoms with E-state index >= 15 is 0 Å². The van der Waals surface area contributed by atoms with E-state index in [-0.39, 0.29) is 12.4 Å². The quantitative estimate of drug-likeness (QED) is 0.682. The van der Waals surface area contributed by atoms with Gasteiger partial charge in [-0.05, 0) is 25.0 Å². The molecule has 1 aliphatic carbocycles. The van der Waals surface area contributed by atoms with Gasteiger partial charge in [0.25, 0.3) is 0 Å². The highest BCUT2D eigenvalue weighted by Gasteiger charge is 2.25. The number of hydrogen-bond donors (Lipinski definition) is 0. The lowest BCUT2D eigenvalue weighted by molar-refractivity contribution is 0.917. The van der Waals surface area contributed by atoms with Crippen LogP contribution in [0.3, 0.4) is 0 Å². The maximum atomic E-state index is 2.36. The van der Waals surface area contributed by atoms with Gasteiger partial charge >= 0.3 is 0 Å². The molecule has 0 aromatic heterocycles. The average Bonchev–Trinajstić information content (AvgIpc) is 2.87. The number of para-hydroxylation sites is 1. The molecule has 0 N–H and O–H groups in total. The van der Waals surface area contributed by atoms with Crippen molar-refractivity contribution in [1.82, 2.24) is 0 Å². The third-order valence-corrected chi connectivity index (χ3v) is 2.26. The minimum absolute atomic E-state index is 0. The summed E-state index contributed by atoms with van der Waals surface area (Å²) in [5, 5.41) is 0. The molecule has 1 fully saturated rings. The SMILES string of the molecule is CN(c1ccccc1)C1CC1.Cl. The molecule has 1 aromatic carbocycles. The first kappa shape index (κ1) is 9.40. The third-order valence-electron chi connectivity index (χ3n) is 2.26. The van der Waals surface area contributed by atoms with E-state index in [1.54, 1.807) is 0 Å². The van der Waals surface area contributed by atoms with Crippen LogP contribution in [-0.4, -0.2) is 13.1 Å². The lowest BCUT2D eigenvalue weighted by Gasteiger charge is -2.17. The van der Waals surface area contributed by atoms with E-state index < -0.39 is 0 Å². The highest BCUT2D eigenvalue weighted by molar-refractivity contribution is 5.85. The number of rotatable bonds is 2. The first-order chi connectivity index (χ1) is 5.38. The average molecular weight is 184 g/mol. The van der Waals surface area contributed by atoms with Crippen LogP contribution in [0.5, 0.6) is 0 Å². The Morgan fingerprint density at radius 1 is 1.17 bits per heavy atom. The topological polar surface area (TPSA) is 3.24 Å². The van der Waals surface area contributed by atoms with Gasteiger partial charge < -0.3 is 4.90 Å². The minimum atomic E-state index is 0. The van der Waals surface area contributed by atoms with Gasteiger partial charge in [0.2, 0.25) is 0 Å². The normalized spacial score (nSPS) is 15.1. The minimum Gasteiger partial charge on any atom is -0.372 e. The second-order valence-electron chi connectivity index (χ2n) is 3.18. The van der Waals surface area contributed by atoms with Crippen LogP contribution in [0.25, 0.3) is 0 Å². The van der Waals surface area contributed by atoms with E-state index in [2.05, 4.69) is 42.3 Å². The number of hydrogen-bond acceptors (Lipinski definition) is 1. The van der Waals surface area contributed by atoms with Crippen LogP contribution in [0.1, 0.15) is 12.8 Å². The third kappa shape index (κ3) is 1.92. The van der Waals surface area contributed by atoms with E-state index in [1.807, 2.05) is 0 Å². The molecular formula is C10H14ClN. The van der Waals surface area contributed by atoms with Crippen LogP contribution in [0, 0.1) is 0 Å². The predicted molar refractivity (Wildman–Crippen MR) is 55.1 cm³/mol. The van der Waals surface area contributed by atoms with E-state index in [4.69, 9.17) is 0 Å². The van der Waals surface area contributed by atoms with Gasteiger partial charge in [0, 0.05) is 18.8 Å². The number of halogens is 1. The molecule has 2 rings (SSSR count). The van der Waals surface area contributed by atoms with Crippen molar-refractivity contribution in [3.63, 3.8) is 0 Å². The van der Waals surface area contributed by atoms with Crippen LogP contribution in [-0.2, 0) is 0 Å². The van der Waals surface area contributed by atoms with Crippen LogP contribution in [0.4, 0.5) is 5.69 Å². The molecule has 0 amide bonds. The summed E-state index contributed by atoms with van der Waals surface area (Å²) in [7, 11) is 2.17. The molecule has 0 bridgehead atoms. The van der Waals surface area contributed by atoms with Crippen molar-refractivity contribution in [1.29, 1.82) is 0 Å². The zero-order valence-electron chi connectivity index (χ0n) is 7.23. The first-order valence-corrected chi connectivity index (χ1v) is 4.16. The van der Waals surface area contributed by atoms with Crippen molar-refractivity contribution in [2.24, 2.45) is 0 Å². The molecule has 1 saturated carbocycles. The van der Waals surface area contributed by atoms with Crippen LogP contribution in [0.15, 0.2) is 30.3 Å². The van der Waals surface area contributed by atoms with Gasteiger partial charge in [-0.25, -0.2) is 0 Å². The van der Waals surface area contributed by atoms with Crippen molar-refractivity contribution in [3.05, 3.63) is 30.3 Å². The maximum Gasteiger partial charge on any atom is 0.0366 e. The maximum absolute atomic E-state index is 2.36. The molecule has 0 saturated heterocycles. The number of benzene rings is 1. The molecule has 0 aliphatic heterocycles. The van der Waals surface area contributed by atoms with E-state index in [1.165, 1.54) is 18.5 Å². The van der Waals surface area contributed by atoms with E-state index in [9.17, 15) is 0 Å². The molecule has 1 nitrogen and oxygen atoms in total. The van der Waals surface area contributed by atoms with Crippen LogP contribution < -0.4 is 4.90 Å². The Morgan fingerprint density at radius 2 is 1.75 bits per heavy atom. The standard InChI is InChI=1S/C10H13N.ClH/c1-11(10-7-8-10)9-5-3-2-4-6-9;/h2-6,10H,7-8H2,1H3;1H. The molecule has 0 spiro atoms.